The van der Waals surface area contributed by atoms with Gasteiger partial charge in [-0.05, 0) is 0 Å². The van der Waals surface area contributed by atoms with Crippen LogP contribution in [0.1, 0.15) is 51.8 Å². The van der Waals surface area contributed by atoms with Gasteiger partial charge >= 0.3 is 29.6 Å². The van der Waals surface area contributed by atoms with Crippen molar-refractivity contribution in [3.8, 4) is 0 Å². The molecular formula is C11H11N5NaO5S+. The van der Waals surface area contributed by atoms with Crippen molar-refractivity contribution in [1.82, 2.24) is 0 Å². The molecule has 5 amide bonds. The number of hydrogen-bond acceptors (Lipinski definition) is 6. The van der Waals surface area contributed by atoms with Crippen LogP contribution in [0.2, 0.25) is 0 Å². The fraction of sp³-hybridized carbons (Fsp3) is 0. The standard InChI is InChI=1S/C11H11N5O5S.Na/c12-7(17)1-2(8(13)18)4(10(15)20)6(22)5(11(16)21)3(1)9(14)19;/h22H,(H2,12,17)(H2,13,18)(H2,14,19)(H2,15,20)(H2,16,21);/q;+1. The van der Waals surface area contributed by atoms with Crippen LogP contribution in [0, 0.1) is 0 Å². The Morgan fingerprint density at radius 1 is 0.522 bits per heavy atom. The van der Waals surface area contributed by atoms with Crippen LogP contribution in [-0.2, 0) is 0 Å². The van der Waals surface area contributed by atoms with E-state index in [4.69, 9.17) is 28.7 Å². The van der Waals surface area contributed by atoms with E-state index >= 15 is 0 Å². The molecule has 12 heteroatoms. The molecule has 0 spiro atoms. The number of hydrogen-bond donors (Lipinski definition) is 6. The molecule has 0 aliphatic carbocycles. The van der Waals surface area contributed by atoms with Crippen LogP contribution >= 0.6 is 12.6 Å². The molecule has 0 saturated carbocycles. The van der Waals surface area contributed by atoms with Gasteiger partial charge in [-0.2, -0.15) is 0 Å². The first-order chi connectivity index (χ1) is 10.0. The van der Waals surface area contributed by atoms with Gasteiger partial charge < -0.3 is 28.7 Å². The first kappa shape index (κ1) is 20.9. The third-order valence-electron chi connectivity index (χ3n) is 2.71. The zero-order chi connectivity index (χ0) is 17.4. The summed E-state index contributed by atoms with van der Waals surface area (Å²) in [4.78, 5) is 57.3. The molecule has 0 saturated heterocycles. The monoisotopic (exact) mass is 348 g/mol. The molecule has 0 aliphatic rings. The third-order valence-corrected chi connectivity index (χ3v) is 3.15. The van der Waals surface area contributed by atoms with E-state index in [-0.39, 0.29) is 29.6 Å². The summed E-state index contributed by atoms with van der Waals surface area (Å²) in [5, 5.41) is 0. The Morgan fingerprint density at radius 2 is 0.696 bits per heavy atom. The van der Waals surface area contributed by atoms with Gasteiger partial charge in [0.05, 0.1) is 27.8 Å². The van der Waals surface area contributed by atoms with Crippen molar-refractivity contribution in [3.05, 3.63) is 27.8 Å². The van der Waals surface area contributed by atoms with Crippen LogP contribution in [0.5, 0.6) is 0 Å². The number of rotatable bonds is 5. The third kappa shape index (κ3) is 3.64. The Kier molecular flexibility index (Phi) is 6.78. The van der Waals surface area contributed by atoms with Crippen molar-refractivity contribution in [2.45, 2.75) is 4.90 Å². The van der Waals surface area contributed by atoms with Gasteiger partial charge in [0.25, 0.3) is 11.8 Å². The number of carbonyl (C=O) groups excluding carboxylic acids is 5. The summed E-state index contributed by atoms with van der Waals surface area (Å²) in [7, 11) is 0. The van der Waals surface area contributed by atoms with E-state index in [1.807, 2.05) is 0 Å². The quantitative estimate of drug-likeness (QED) is 0.226. The minimum Gasteiger partial charge on any atom is -0.366 e. The molecule has 23 heavy (non-hydrogen) atoms. The fourth-order valence-corrected chi connectivity index (χ4v) is 2.40. The maximum Gasteiger partial charge on any atom is 1.00 e. The van der Waals surface area contributed by atoms with Gasteiger partial charge in [0.1, 0.15) is 0 Å². The molecular weight excluding hydrogens is 337 g/mol. The van der Waals surface area contributed by atoms with E-state index in [2.05, 4.69) is 12.6 Å². The normalized spacial score (nSPS) is 9.61. The van der Waals surface area contributed by atoms with Gasteiger partial charge in [-0.15, -0.1) is 12.6 Å². The second-order valence-corrected chi connectivity index (χ2v) is 4.49. The second-order valence-electron chi connectivity index (χ2n) is 4.04. The first-order valence-electron chi connectivity index (χ1n) is 5.44. The Morgan fingerprint density at radius 3 is 0.870 bits per heavy atom. The Hall–Kier alpha value is -2.08. The van der Waals surface area contributed by atoms with E-state index in [1.165, 1.54) is 0 Å². The fourth-order valence-electron chi connectivity index (χ4n) is 1.96. The smallest absolute Gasteiger partial charge is 0.366 e. The van der Waals surface area contributed by atoms with E-state index in [9.17, 15) is 24.0 Å². The van der Waals surface area contributed by atoms with E-state index < -0.39 is 62.2 Å². The Balaban J connectivity index is 0.00000484. The van der Waals surface area contributed by atoms with E-state index in [1.54, 1.807) is 0 Å². The SMILES string of the molecule is NC(=O)c1c(S)c(C(N)=O)c(C(N)=O)c(C(N)=O)c1C(N)=O.[Na+]. The van der Waals surface area contributed by atoms with Crippen LogP contribution in [0.4, 0.5) is 0 Å². The van der Waals surface area contributed by atoms with Crippen molar-refractivity contribution in [3.63, 3.8) is 0 Å². The summed E-state index contributed by atoms with van der Waals surface area (Å²) in [5.41, 5.74) is 21.8. The second kappa shape index (κ2) is 7.46. The summed E-state index contributed by atoms with van der Waals surface area (Å²) >= 11 is 3.87. The van der Waals surface area contributed by atoms with Crippen molar-refractivity contribution >= 4 is 42.2 Å². The molecule has 1 aromatic rings. The van der Waals surface area contributed by atoms with Gasteiger partial charge in [-0.3, -0.25) is 24.0 Å². The number of primary amides is 5. The van der Waals surface area contributed by atoms with Gasteiger partial charge in [0.2, 0.25) is 17.7 Å². The van der Waals surface area contributed by atoms with Crippen LogP contribution in [-0.4, -0.2) is 29.5 Å². The number of amides is 5. The molecule has 1 rings (SSSR count). The van der Waals surface area contributed by atoms with Crippen LogP contribution in [0.3, 0.4) is 0 Å². The molecule has 0 radical (unpaired) electrons. The van der Waals surface area contributed by atoms with Crippen molar-refractivity contribution in [2.75, 3.05) is 0 Å². The molecule has 0 aliphatic heterocycles. The zero-order valence-electron chi connectivity index (χ0n) is 11.9. The molecule has 0 fully saturated rings. The number of carbonyl (C=O) groups is 5. The average Bonchev–Trinajstić information content (AvgIpc) is 2.34. The van der Waals surface area contributed by atoms with Gasteiger partial charge in [-0.1, -0.05) is 0 Å². The summed E-state index contributed by atoms with van der Waals surface area (Å²) in [6.07, 6.45) is 0. The summed E-state index contributed by atoms with van der Waals surface area (Å²) in [5.74, 6) is -6.39. The number of nitrogens with two attached hydrogens (primary N) is 5. The Labute approximate surface area is 156 Å². The maximum atomic E-state index is 11.6. The number of benzene rings is 1. The molecule has 1 aromatic carbocycles. The predicted octanol–water partition coefficient (Wildman–Crippen LogP) is -5.53. The van der Waals surface area contributed by atoms with Crippen molar-refractivity contribution in [1.29, 1.82) is 0 Å². The van der Waals surface area contributed by atoms with Crippen LogP contribution < -0.4 is 58.2 Å². The summed E-state index contributed by atoms with van der Waals surface area (Å²) in [6.45, 7) is 0. The summed E-state index contributed by atoms with van der Waals surface area (Å²) in [6, 6.07) is 0. The molecule has 116 valence electrons. The van der Waals surface area contributed by atoms with Crippen molar-refractivity contribution in [2.24, 2.45) is 28.7 Å². The zero-order valence-corrected chi connectivity index (χ0v) is 14.8. The molecule has 0 unspecified atom stereocenters. The molecule has 0 heterocycles. The van der Waals surface area contributed by atoms with Gasteiger partial charge in [0.15, 0.2) is 0 Å². The van der Waals surface area contributed by atoms with Gasteiger partial charge in [-0.25, -0.2) is 0 Å². The Bertz CT molecular complexity index is 711. The molecule has 10 nitrogen and oxygen atoms in total. The predicted molar refractivity (Wildman–Crippen MR) is 76.3 cm³/mol. The van der Waals surface area contributed by atoms with Crippen molar-refractivity contribution < 1.29 is 53.5 Å². The van der Waals surface area contributed by atoms with Crippen LogP contribution in [0.15, 0.2) is 4.90 Å². The minimum absolute atomic E-state index is 0. The van der Waals surface area contributed by atoms with E-state index in [0.717, 1.165) is 0 Å². The average molecular weight is 348 g/mol. The maximum absolute atomic E-state index is 11.6. The molecule has 0 aromatic heterocycles. The topological polar surface area (TPSA) is 215 Å². The largest absolute Gasteiger partial charge is 1.00 e. The molecule has 10 N–H and O–H groups in total. The van der Waals surface area contributed by atoms with Gasteiger partial charge in [0, 0.05) is 4.90 Å². The van der Waals surface area contributed by atoms with E-state index in [0.29, 0.717) is 0 Å². The minimum atomic E-state index is -1.33. The summed E-state index contributed by atoms with van der Waals surface area (Å²) < 4.78 is 0. The molecule has 0 atom stereocenters. The first-order valence-corrected chi connectivity index (χ1v) is 5.88. The van der Waals surface area contributed by atoms with Crippen LogP contribution in [0.25, 0.3) is 0 Å². The molecule has 0 bridgehead atoms. The number of thiol groups is 1.